The Balaban J connectivity index is 2.04. The number of carbonyl (C=O) groups excluding carboxylic acids is 1. The number of amides is 1. The fourth-order valence-electron chi connectivity index (χ4n) is 1.64. The van der Waals surface area contributed by atoms with Crippen LogP contribution in [0.4, 0.5) is 0 Å². The van der Waals surface area contributed by atoms with Crippen LogP contribution in [0.1, 0.15) is 26.5 Å². The maximum Gasteiger partial charge on any atom is 0.251 e. The highest BCUT2D eigenvalue weighted by Gasteiger charge is 2.07. The third kappa shape index (κ3) is 3.67. The van der Waals surface area contributed by atoms with Gasteiger partial charge in [0, 0.05) is 16.0 Å². The lowest BCUT2D eigenvalue weighted by Gasteiger charge is -2.04. The van der Waals surface area contributed by atoms with E-state index in [4.69, 9.17) is 5.11 Å². The summed E-state index contributed by atoms with van der Waals surface area (Å²) < 4.78 is 0. The van der Waals surface area contributed by atoms with Crippen LogP contribution < -0.4 is 5.32 Å². The van der Waals surface area contributed by atoms with Crippen LogP contribution in [0.5, 0.6) is 0 Å². The standard InChI is InChI=1S/C15H14N2O2S/c1-11-14(20-10-17-11)9-16-15(19)13-6-2-4-12(8-13)5-3-7-18/h2,4,6,8,10,18H,7,9H2,1H3,(H,16,19). The Morgan fingerprint density at radius 3 is 3.05 bits per heavy atom. The van der Waals surface area contributed by atoms with Crippen molar-refractivity contribution >= 4 is 17.2 Å². The zero-order chi connectivity index (χ0) is 14.4. The fourth-order valence-corrected chi connectivity index (χ4v) is 2.36. The molecule has 0 aliphatic rings. The van der Waals surface area contributed by atoms with Crippen LogP contribution in [-0.2, 0) is 6.54 Å². The molecule has 1 amide bonds. The molecule has 4 nitrogen and oxygen atoms in total. The van der Waals surface area contributed by atoms with Crippen LogP contribution >= 0.6 is 11.3 Å². The molecule has 1 aromatic heterocycles. The molecule has 0 bridgehead atoms. The molecular formula is C15H14N2O2S. The van der Waals surface area contributed by atoms with Crippen molar-refractivity contribution in [1.29, 1.82) is 0 Å². The van der Waals surface area contributed by atoms with Crippen LogP contribution in [0.15, 0.2) is 29.8 Å². The van der Waals surface area contributed by atoms with Gasteiger partial charge in [0.2, 0.25) is 0 Å². The minimum absolute atomic E-state index is 0.148. The maximum absolute atomic E-state index is 12.1. The summed E-state index contributed by atoms with van der Waals surface area (Å²) in [4.78, 5) is 17.2. The van der Waals surface area contributed by atoms with Crippen molar-refractivity contribution in [3.63, 3.8) is 0 Å². The number of aliphatic hydroxyl groups is 1. The van der Waals surface area contributed by atoms with Crippen molar-refractivity contribution in [2.75, 3.05) is 6.61 Å². The van der Waals surface area contributed by atoms with Gasteiger partial charge < -0.3 is 10.4 Å². The molecule has 1 heterocycles. The largest absolute Gasteiger partial charge is 0.384 e. The van der Waals surface area contributed by atoms with Gasteiger partial charge in [-0.15, -0.1) is 11.3 Å². The SMILES string of the molecule is Cc1ncsc1CNC(=O)c1cccc(C#CCO)c1. The highest BCUT2D eigenvalue weighted by atomic mass is 32.1. The van der Waals surface area contributed by atoms with Gasteiger partial charge in [0.1, 0.15) is 6.61 Å². The van der Waals surface area contributed by atoms with Crippen LogP contribution in [0.25, 0.3) is 0 Å². The number of aliphatic hydroxyl groups excluding tert-OH is 1. The van der Waals surface area contributed by atoms with E-state index in [0.717, 1.165) is 10.6 Å². The first kappa shape index (κ1) is 14.3. The topological polar surface area (TPSA) is 62.2 Å². The highest BCUT2D eigenvalue weighted by Crippen LogP contribution is 2.12. The number of aromatic nitrogens is 1. The zero-order valence-corrected chi connectivity index (χ0v) is 11.8. The van der Waals surface area contributed by atoms with Crippen LogP contribution in [0.3, 0.4) is 0 Å². The van der Waals surface area contributed by atoms with Crippen molar-refractivity contribution in [3.05, 3.63) is 51.5 Å². The Morgan fingerprint density at radius 2 is 2.35 bits per heavy atom. The van der Waals surface area contributed by atoms with Crippen LogP contribution in [0, 0.1) is 18.8 Å². The van der Waals surface area contributed by atoms with Gasteiger partial charge in [-0.05, 0) is 25.1 Å². The van der Waals surface area contributed by atoms with E-state index in [1.54, 1.807) is 29.8 Å². The van der Waals surface area contributed by atoms with Gasteiger partial charge >= 0.3 is 0 Å². The lowest BCUT2D eigenvalue weighted by molar-refractivity contribution is 0.0951. The molecule has 2 aromatic rings. The second-order valence-electron chi connectivity index (χ2n) is 4.08. The second-order valence-corrected chi connectivity index (χ2v) is 5.02. The Kier molecular flexibility index (Phi) is 4.88. The van der Waals surface area contributed by atoms with E-state index < -0.39 is 0 Å². The summed E-state index contributed by atoms with van der Waals surface area (Å²) in [6.45, 7) is 2.20. The molecule has 5 heteroatoms. The van der Waals surface area contributed by atoms with E-state index >= 15 is 0 Å². The highest BCUT2D eigenvalue weighted by molar-refractivity contribution is 7.09. The first-order valence-corrected chi connectivity index (χ1v) is 6.95. The quantitative estimate of drug-likeness (QED) is 0.845. The molecule has 20 heavy (non-hydrogen) atoms. The number of hydrogen-bond donors (Lipinski definition) is 2. The van der Waals surface area contributed by atoms with Crippen molar-refractivity contribution in [2.24, 2.45) is 0 Å². The molecular weight excluding hydrogens is 272 g/mol. The van der Waals surface area contributed by atoms with Gasteiger partial charge in [-0.25, -0.2) is 4.98 Å². The monoisotopic (exact) mass is 286 g/mol. The number of carbonyl (C=O) groups is 1. The van der Waals surface area contributed by atoms with Gasteiger partial charge in [-0.3, -0.25) is 4.79 Å². The summed E-state index contributed by atoms with van der Waals surface area (Å²) in [5.74, 6) is 5.19. The number of nitrogens with one attached hydrogen (secondary N) is 1. The van der Waals surface area contributed by atoms with Gasteiger partial charge in [-0.2, -0.15) is 0 Å². The molecule has 1 aromatic carbocycles. The van der Waals surface area contributed by atoms with Crippen molar-refractivity contribution in [1.82, 2.24) is 10.3 Å². The van der Waals surface area contributed by atoms with E-state index in [1.165, 1.54) is 11.3 Å². The number of aryl methyl sites for hydroxylation is 1. The summed E-state index contributed by atoms with van der Waals surface area (Å²) in [6, 6.07) is 7.01. The summed E-state index contributed by atoms with van der Waals surface area (Å²) >= 11 is 1.53. The second kappa shape index (κ2) is 6.85. The van der Waals surface area contributed by atoms with E-state index in [9.17, 15) is 4.79 Å². The normalized spacial score (nSPS) is 9.70. The summed E-state index contributed by atoms with van der Waals surface area (Å²) in [5, 5.41) is 11.5. The third-order valence-electron chi connectivity index (χ3n) is 2.69. The predicted octanol–water partition coefficient (Wildman–Crippen LogP) is 1.73. The van der Waals surface area contributed by atoms with Crippen molar-refractivity contribution in [2.45, 2.75) is 13.5 Å². The minimum Gasteiger partial charge on any atom is -0.384 e. The molecule has 2 N–H and O–H groups in total. The predicted molar refractivity (Wildman–Crippen MR) is 78.4 cm³/mol. The molecule has 0 spiro atoms. The van der Waals surface area contributed by atoms with Crippen LogP contribution in [0.2, 0.25) is 0 Å². The fraction of sp³-hybridized carbons (Fsp3) is 0.200. The first-order chi connectivity index (χ1) is 9.70. The number of rotatable bonds is 3. The van der Waals surface area contributed by atoms with E-state index in [0.29, 0.717) is 17.7 Å². The van der Waals surface area contributed by atoms with E-state index in [-0.39, 0.29) is 12.5 Å². The molecule has 0 saturated carbocycles. The van der Waals surface area contributed by atoms with Gasteiger partial charge in [-0.1, -0.05) is 17.9 Å². The smallest absolute Gasteiger partial charge is 0.251 e. The number of benzene rings is 1. The third-order valence-corrected chi connectivity index (χ3v) is 3.63. The lowest BCUT2D eigenvalue weighted by Crippen LogP contribution is -2.22. The Hall–Kier alpha value is -2.16. The maximum atomic E-state index is 12.1. The first-order valence-electron chi connectivity index (χ1n) is 6.07. The zero-order valence-electron chi connectivity index (χ0n) is 11.0. The average molecular weight is 286 g/mol. The van der Waals surface area contributed by atoms with E-state index in [2.05, 4.69) is 22.1 Å². The minimum atomic E-state index is -0.193. The number of nitrogens with zero attached hydrogens (tertiary/aromatic N) is 1. The van der Waals surface area contributed by atoms with Crippen molar-refractivity contribution in [3.8, 4) is 11.8 Å². The molecule has 0 radical (unpaired) electrons. The molecule has 102 valence electrons. The van der Waals surface area contributed by atoms with Crippen molar-refractivity contribution < 1.29 is 9.90 Å². The van der Waals surface area contributed by atoms with Gasteiger partial charge in [0.05, 0.1) is 17.7 Å². The molecule has 0 fully saturated rings. The molecule has 0 saturated heterocycles. The Morgan fingerprint density at radius 1 is 1.50 bits per heavy atom. The average Bonchev–Trinajstić information content (AvgIpc) is 2.88. The van der Waals surface area contributed by atoms with Gasteiger partial charge in [0.15, 0.2) is 0 Å². The molecule has 2 rings (SSSR count). The summed E-state index contributed by atoms with van der Waals surface area (Å²) in [6.07, 6.45) is 0. The van der Waals surface area contributed by atoms with E-state index in [1.807, 2.05) is 6.92 Å². The number of thiazole rings is 1. The number of hydrogen-bond acceptors (Lipinski definition) is 4. The van der Waals surface area contributed by atoms with Gasteiger partial charge in [0.25, 0.3) is 5.91 Å². The summed E-state index contributed by atoms with van der Waals surface area (Å²) in [5.41, 5.74) is 3.97. The molecule has 0 aliphatic carbocycles. The Bertz CT molecular complexity index is 668. The molecule has 0 atom stereocenters. The Labute approximate surface area is 121 Å². The lowest BCUT2D eigenvalue weighted by atomic mass is 10.1. The molecule has 0 aliphatic heterocycles. The summed E-state index contributed by atoms with van der Waals surface area (Å²) in [7, 11) is 0. The van der Waals surface area contributed by atoms with Crippen LogP contribution in [-0.4, -0.2) is 22.6 Å². The molecule has 0 unspecified atom stereocenters.